The first-order valence-electron chi connectivity index (χ1n) is 5.41. The Hall–Kier alpha value is -1.55. The second-order valence-corrected chi connectivity index (χ2v) is 3.77. The average Bonchev–Trinajstić information content (AvgIpc) is 2.29. The maximum absolute atomic E-state index is 12.0. The van der Waals surface area contributed by atoms with Crippen molar-refractivity contribution in [2.24, 2.45) is 0 Å². The van der Waals surface area contributed by atoms with Crippen molar-refractivity contribution in [3.63, 3.8) is 0 Å². The number of hydrogen-bond donors (Lipinski definition) is 2. The van der Waals surface area contributed by atoms with Crippen LogP contribution < -0.4 is 11.1 Å². The third kappa shape index (κ3) is 3.24. The van der Waals surface area contributed by atoms with E-state index in [1.165, 1.54) is 0 Å². The van der Waals surface area contributed by atoms with E-state index in [1.807, 2.05) is 19.2 Å². The number of benzene rings is 1. The van der Waals surface area contributed by atoms with Gasteiger partial charge in [-0.25, -0.2) is 0 Å². The van der Waals surface area contributed by atoms with Gasteiger partial charge >= 0.3 is 0 Å². The highest BCUT2D eigenvalue weighted by Crippen LogP contribution is 2.12. The van der Waals surface area contributed by atoms with Crippen LogP contribution in [0.3, 0.4) is 0 Å². The molecule has 1 amide bonds. The summed E-state index contributed by atoms with van der Waals surface area (Å²) in [5, 5.41) is 3.05. The Balaban J connectivity index is 2.60. The quantitative estimate of drug-likeness (QED) is 0.575. The molecular weight excluding hydrogens is 202 g/mol. The van der Waals surface area contributed by atoms with Gasteiger partial charge in [0.2, 0.25) is 0 Å². The molecule has 0 aliphatic carbocycles. The van der Waals surface area contributed by atoms with Gasteiger partial charge in [0.05, 0.1) is 5.56 Å². The van der Waals surface area contributed by atoms with Gasteiger partial charge in [-0.15, -0.1) is 0 Å². The Bertz CT molecular complexity index is 352. The first-order valence-corrected chi connectivity index (χ1v) is 5.41. The summed E-state index contributed by atoms with van der Waals surface area (Å²) >= 11 is 0. The fourth-order valence-corrected chi connectivity index (χ4v) is 1.49. The van der Waals surface area contributed by atoms with Crippen LogP contribution in [-0.4, -0.2) is 38.0 Å². The normalized spacial score (nSPS) is 10.1. The Morgan fingerprint density at radius 1 is 1.44 bits per heavy atom. The van der Waals surface area contributed by atoms with Crippen molar-refractivity contribution >= 4 is 11.6 Å². The molecule has 0 spiro atoms. The van der Waals surface area contributed by atoms with Crippen molar-refractivity contribution in [2.75, 3.05) is 32.9 Å². The molecule has 1 rings (SSSR count). The van der Waals surface area contributed by atoms with Gasteiger partial charge in [-0.1, -0.05) is 12.1 Å². The summed E-state index contributed by atoms with van der Waals surface area (Å²) < 4.78 is 0. The molecule has 0 saturated carbocycles. The Morgan fingerprint density at radius 3 is 2.75 bits per heavy atom. The first-order chi connectivity index (χ1) is 7.66. The van der Waals surface area contributed by atoms with E-state index in [1.54, 1.807) is 24.1 Å². The molecule has 0 heterocycles. The minimum atomic E-state index is -0.0193. The van der Waals surface area contributed by atoms with Crippen LogP contribution in [-0.2, 0) is 0 Å². The molecule has 4 nitrogen and oxygen atoms in total. The number of nitrogen functional groups attached to an aromatic ring is 1. The molecule has 0 aliphatic rings. The maximum Gasteiger partial charge on any atom is 0.255 e. The van der Waals surface area contributed by atoms with Gasteiger partial charge in [-0.3, -0.25) is 4.79 Å². The van der Waals surface area contributed by atoms with Crippen molar-refractivity contribution in [3.8, 4) is 0 Å². The number of carbonyl (C=O) groups excluding carboxylic acids is 1. The van der Waals surface area contributed by atoms with Crippen LogP contribution in [0, 0.1) is 0 Å². The van der Waals surface area contributed by atoms with Crippen LogP contribution in [0.25, 0.3) is 0 Å². The van der Waals surface area contributed by atoms with Gasteiger partial charge in [0, 0.05) is 19.3 Å². The zero-order valence-corrected chi connectivity index (χ0v) is 9.86. The molecule has 0 aliphatic heterocycles. The van der Waals surface area contributed by atoms with Gasteiger partial charge in [-0.2, -0.15) is 0 Å². The minimum Gasteiger partial charge on any atom is -0.398 e. The van der Waals surface area contributed by atoms with Crippen LogP contribution in [0.15, 0.2) is 24.3 Å². The number of carbonyl (C=O) groups is 1. The van der Waals surface area contributed by atoms with E-state index in [0.717, 1.165) is 19.5 Å². The largest absolute Gasteiger partial charge is 0.398 e. The van der Waals surface area contributed by atoms with Gasteiger partial charge in [0.15, 0.2) is 0 Å². The molecule has 4 heteroatoms. The molecule has 1 aromatic rings. The predicted molar refractivity (Wildman–Crippen MR) is 66.4 cm³/mol. The average molecular weight is 221 g/mol. The summed E-state index contributed by atoms with van der Waals surface area (Å²) in [4.78, 5) is 13.7. The van der Waals surface area contributed by atoms with Gasteiger partial charge in [0.1, 0.15) is 0 Å². The lowest BCUT2D eigenvalue weighted by atomic mass is 10.1. The number of nitrogens with zero attached hydrogens (tertiary/aromatic N) is 1. The van der Waals surface area contributed by atoms with E-state index in [0.29, 0.717) is 11.3 Å². The number of anilines is 1. The van der Waals surface area contributed by atoms with Gasteiger partial charge < -0.3 is 16.0 Å². The predicted octanol–water partition coefficient (Wildman–Crippen LogP) is 0.950. The van der Waals surface area contributed by atoms with E-state index in [2.05, 4.69) is 5.32 Å². The highest BCUT2D eigenvalue weighted by Gasteiger charge is 2.13. The Kier molecular flexibility index (Phi) is 4.79. The lowest BCUT2D eigenvalue weighted by Gasteiger charge is -2.17. The summed E-state index contributed by atoms with van der Waals surface area (Å²) in [5.41, 5.74) is 6.87. The molecule has 0 radical (unpaired) electrons. The molecule has 3 N–H and O–H groups in total. The molecule has 0 unspecified atom stereocenters. The maximum atomic E-state index is 12.0. The summed E-state index contributed by atoms with van der Waals surface area (Å²) in [5.74, 6) is -0.0193. The second kappa shape index (κ2) is 6.12. The summed E-state index contributed by atoms with van der Waals surface area (Å²) in [6.45, 7) is 1.63. The second-order valence-electron chi connectivity index (χ2n) is 3.77. The molecular formula is C12H19N3O. The minimum absolute atomic E-state index is 0.0193. The van der Waals surface area contributed by atoms with Gasteiger partial charge in [-0.05, 0) is 32.1 Å². The molecule has 1 aromatic carbocycles. The zero-order valence-electron chi connectivity index (χ0n) is 9.86. The number of nitrogens with one attached hydrogen (secondary N) is 1. The van der Waals surface area contributed by atoms with Crippen molar-refractivity contribution in [1.82, 2.24) is 10.2 Å². The Morgan fingerprint density at radius 2 is 2.12 bits per heavy atom. The van der Waals surface area contributed by atoms with E-state index in [4.69, 9.17) is 5.73 Å². The number of hydrogen-bond acceptors (Lipinski definition) is 3. The topological polar surface area (TPSA) is 58.4 Å². The van der Waals surface area contributed by atoms with Crippen LogP contribution in [0.2, 0.25) is 0 Å². The Labute approximate surface area is 96.4 Å². The summed E-state index contributed by atoms with van der Waals surface area (Å²) in [6.07, 6.45) is 0.936. The molecule has 88 valence electrons. The number of amides is 1. The third-order valence-electron chi connectivity index (χ3n) is 2.46. The number of para-hydroxylation sites is 1. The zero-order chi connectivity index (χ0) is 12.0. The highest BCUT2D eigenvalue weighted by atomic mass is 16.2. The van der Waals surface area contributed by atoms with E-state index >= 15 is 0 Å². The molecule has 0 fully saturated rings. The SMILES string of the molecule is CNCCCN(C)C(=O)c1ccccc1N. The third-order valence-corrected chi connectivity index (χ3v) is 2.46. The van der Waals surface area contributed by atoms with E-state index < -0.39 is 0 Å². The van der Waals surface area contributed by atoms with E-state index in [9.17, 15) is 4.79 Å². The van der Waals surface area contributed by atoms with Crippen molar-refractivity contribution in [2.45, 2.75) is 6.42 Å². The summed E-state index contributed by atoms with van der Waals surface area (Å²) in [6, 6.07) is 7.15. The van der Waals surface area contributed by atoms with Crippen LogP contribution in [0.4, 0.5) is 5.69 Å². The van der Waals surface area contributed by atoms with Gasteiger partial charge in [0.25, 0.3) is 5.91 Å². The standard InChI is InChI=1S/C12H19N3O/c1-14-8-5-9-15(2)12(16)10-6-3-4-7-11(10)13/h3-4,6-7,14H,5,8-9,13H2,1-2H3. The smallest absolute Gasteiger partial charge is 0.255 e. The van der Waals surface area contributed by atoms with E-state index in [-0.39, 0.29) is 5.91 Å². The molecule has 0 aromatic heterocycles. The molecule has 16 heavy (non-hydrogen) atoms. The number of nitrogens with two attached hydrogens (primary N) is 1. The lowest BCUT2D eigenvalue weighted by Crippen LogP contribution is -2.29. The molecule has 0 atom stereocenters. The van der Waals surface area contributed by atoms with Crippen LogP contribution in [0.5, 0.6) is 0 Å². The van der Waals surface area contributed by atoms with Crippen LogP contribution >= 0.6 is 0 Å². The number of rotatable bonds is 5. The molecule has 0 saturated heterocycles. The van der Waals surface area contributed by atoms with Crippen LogP contribution in [0.1, 0.15) is 16.8 Å². The molecule has 0 bridgehead atoms. The fourth-order valence-electron chi connectivity index (χ4n) is 1.49. The summed E-state index contributed by atoms with van der Waals surface area (Å²) in [7, 11) is 3.70. The monoisotopic (exact) mass is 221 g/mol. The highest BCUT2D eigenvalue weighted by molar-refractivity contribution is 5.98. The van der Waals surface area contributed by atoms with Crippen molar-refractivity contribution in [1.29, 1.82) is 0 Å². The van der Waals surface area contributed by atoms with Crippen molar-refractivity contribution < 1.29 is 4.79 Å². The fraction of sp³-hybridized carbons (Fsp3) is 0.417. The lowest BCUT2D eigenvalue weighted by molar-refractivity contribution is 0.0795. The first kappa shape index (κ1) is 12.5. The van der Waals surface area contributed by atoms with Crippen molar-refractivity contribution in [3.05, 3.63) is 29.8 Å².